The highest BCUT2D eigenvalue weighted by atomic mass is 79.9. The molecule has 3 rings (SSSR count). The van der Waals surface area contributed by atoms with Crippen molar-refractivity contribution >= 4 is 39.2 Å². The molecule has 4 heteroatoms. The number of amides is 1. The second-order valence-corrected chi connectivity index (χ2v) is 7.48. The molecule has 0 unspecified atom stereocenters. The summed E-state index contributed by atoms with van der Waals surface area (Å²) in [6, 6.07) is 13.6. The minimum atomic E-state index is 0.0165. The van der Waals surface area contributed by atoms with E-state index in [1.54, 1.807) is 0 Å². The van der Waals surface area contributed by atoms with Gasteiger partial charge in [0.25, 0.3) is 5.91 Å². The van der Waals surface area contributed by atoms with E-state index in [1.165, 1.54) is 0 Å². The molecule has 0 saturated heterocycles. The normalized spacial score (nSPS) is 14.7. The van der Waals surface area contributed by atoms with E-state index in [0.29, 0.717) is 23.8 Å². The average Bonchev–Trinajstić information content (AvgIpc) is 2.87. The van der Waals surface area contributed by atoms with Gasteiger partial charge in [0.2, 0.25) is 0 Å². The number of rotatable bonds is 5. The predicted octanol–water partition coefficient (Wildman–Crippen LogP) is 5.00. The zero-order valence-electron chi connectivity index (χ0n) is 14.8. The first kappa shape index (κ1) is 18.3. The number of carbonyl (C=O) groups excluding carboxylic acids is 1. The van der Waals surface area contributed by atoms with Crippen molar-refractivity contribution in [2.45, 2.75) is 13.8 Å². The summed E-state index contributed by atoms with van der Waals surface area (Å²) in [6.45, 7) is 5.09. The number of benzene rings is 2. The summed E-state index contributed by atoms with van der Waals surface area (Å²) in [5.74, 6) is 3.53. The molecule has 1 aliphatic rings. The molecular weight excluding hydrogens is 390 g/mol. The Morgan fingerprint density at radius 1 is 1.27 bits per heavy atom. The summed E-state index contributed by atoms with van der Waals surface area (Å²) in [5.41, 5.74) is 3.39. The number of hydrogen-bond donors (Lipinski definition) is 0. The third kappa shape index (κ3) is 3.68. The second kappa shape index (κ2) is 7.80. The van der Waals surface area contributed by atoms with Crippen LogP contribution in [0.25, 0.3) is 11.6 Å². The van der Waals surface area contributed by atoms with Crippen LogP contribution in [0.15, 0.2) is 46.9 Å². The smallest absolute Gasteiger partial charge is 0.259 e. The molecule has 0 aromatic heterocycles. The molecule has 0 spiro atoms. The largest absolute Gasteiger partial charge is 0.480 e. The van der Waals surface area contributed by atoms with Crippen LogP contribution in [0.2, 0.25) is 0 Å². The summed E-state index contributed by atoms with van der Waals surface area (Å²) in [7, 11) is 0. The number of para-hydroxylation sites is 1. The topological polar surface area (TPSA) is 29.5 Å². The van der Waals surface area contributed by atoms with Gasteiger partial charge in [0.05, 0.1) is 5.69 Å². The van der Waals surface area contributed by atoms with Crippen LogP contribution >= 0.6 is 15.9 Å². The first-order valence-electron chi connectivity index (χ1n) is 8.50. The van der Waals surface area contributed by atoms with Gasteiger partial charge in [-0.2, -0.15) is 0 Å². The minimum absolute atomic E-state index is 0.0165. The average molecular weight is 410 g/mol. The van der Waals surface area contributed by atoms with E-state index in [-0.39, 0.29) is 12.5 Å². The predicted molar refractivity (Wildman–Crippen MR) is 110 cm³/mol. The highest BCUT2D eigenvalue weighted by Crippen LogP contribution is 2.39. The Hall–Kier alpha value is -2.51. The number of ether oxygens (including phenoxy) is 1. The second-order valence-electron chi connectivity index (χ2n) is 6.56. The Morgan fingerprint density at radius 2 is 2.04 bits per heavy atom. The van der Waals surface area contributed by atoms with Crippen LogP contribution in [0.5, 0.6) is 5.75 Å². The van der Waals surface area contributed by atoms with Crippen LogP contribution < -0.4 is 9.64 Å². The molecule has 132 valence electrons. The number of fused-ring (bicyclic) bond motifs is 1. The summed E-state index contributed by atoms with van der Waals surface area (Å²) in [5, 5.41) is 0. The molecule has 1 amide bonds. The van der Waals surface area contributed by atoms with Crippen LogP contribution in [0.3, 0.4) is 0 Å². The molecule has 3 nitrogen and oxygen atoms in total. The van der Waals surface area contributed by atoms with Crippen LogP contribution in [0, 0.1) is 18.3 Å². The Bertz CT molecular complexity index is 909. The maximum atomic E-state index is 13.1. The zero-order chi connectivity index (χ0) is 18.7. The van der Waals surface area contributed by atoms with E-state index in [0.717, 1.165) is 21.3 Å². The molecule has 2 aromatic rings. The number of terminal acetylenes is 1. The first-order chi connectivity index (χ1) is 12.5. The molecule has 1 heterocycles. The molecule has 0 bridgehead atoms. The molecule has 0 aliphatic carbocycles. The van der Waals surface area contributed by atoms with Gasteiger partial charge >= 0.3 is 0 Å². The van der Waals surface area contributed by atoms with Crippen LogP contribution in [-0.2, 0) is 4.79 Å². The van der Waals surface area contributed by atoms with E-state index >= 15 is 0 Å². The van der Waals surface area contributed by atoms with Crippen molar-refractivity contribution < 1.29 is 9.53 Å². The lowest BCUT2D eigenvalue weighted by molar-refractivity contribution is -0.113. The standard InChI is InChI=1S/C22H20BrNO2/c1-4-11-26-21-10-9-17(23)12-16(21)13-19-18-7-5-6-8-20(18)24(22(19)25)14-15(2)3/h1,5-10,12-13,15H,11,14H2,2-3H3/b19-13-. The van der Waals surface area contributed by atoms with Crippen LogP contribution in [0.4, 0.5) is 5.69 Å². The Morgan fingerprint density at radius 3 is 2.77 bits per heavy atom. The molecule has 0 radical (unpaired) electrons. The van der Waals surface area contributed by atoms with Crippen molar-refractivity contribution in [1.29, 1.82) is 0 Å². The summed E-state index contributed by atoms with van der Waals surface area (Å²) >= 11 is 3.48. The number of halogens is 1. The van der Waals surface area contributed by atoms with E-state index in [4.69, 9.17) is 11.2 Å². The van der Waals surface area contributed by atoms with Gasteiger partial charge in [0.1, 0.15) is 12.4 Å². The Kier molecular flexibility index (Phi) is 5.49. The van der Waals surface area contributed by atoms with Gasteiger partial charge in [-0.1, -0.05) is 53.9 Å². The van der Waals surface area contributed by atoms with Gasteiger partial charge in [-0.05, 0) is 36.3 Å². The fraction of sp³-hybridized carbons (Fsp3) is 0.227. The lowest BCUT2D eigenvalue weighted by Crippen LogP contribution is -2.30. The summed E-state index contributed by atoms with van der Waals surface area (Å²) in [4.78, 5) is 14.9. The Balaban J connectivity index is 2.08. The third-order valence-corrected chi connectivity index (χ3v) is 4.58. The van der Waals surface area contributed by atoms with E-state index in [2.05, 4.69) is 35.7 Å². The first-order valence-corrected chi connectivity index (χ1v) is 9.29. The highest BCUT2D eigenvalue weighted by Gasteiger charge is 2.32. The van der Waals surface area contributed by atoms with Crippen molar-refractivity contribution in [3.63, 3.8) is 0 Å². The van der Waals surface area contributed by atoms with Gasteiger partial charge < -0.3 is 9.64 Å². The molecule has 26 heavy (non-hydrogen) atoms. The SMILES string of the molecule is C#CCOc1ccc(Br)cc1/C=C1\C(=O)N(CC(C)C)c2ccccc21. The Labute approximate surface area is 162 Å². The van der Waals surface area contributed by atoms with Crippen molar-refractivity contribution in [1.82, 2.24) is 0 Å². The summed E-state index contributed by atoms with van der Waals surface area (Å²) < 4.78 is 6.55. The quantitative estimate of drug-likeness (QED) is 0.513. The van der Waals surface area contributed by atoms with E-state index in [1.807, 2.05) is 53.4 Å². The van der Waals surface area contributed by atoms with Crippen LogP contribution in [-0.4, -0.2) is 19.1 Å². The molecule has 0 atom stereocenters. The minimum Gasteiger partial charge on any atom is -0.480 e. The third-order valence-electron chi connectivity index (χ3n) is 4.09. The number of hydrogen-bond acceptors (Lipinski definition) is 2. The zero-order valence-corrected chi connectivity index (χ0v) is 16.4. The van der Waals surface area contributed by atoms with Gasteiger partial charge in [-0.15, -0.1) is 6.42 Å². The number of carbonyl (C=O) groups is 1. The van der Waals surface area contributed by atoms with Crippen molar-refractivity contribution in [3.05, 3.63) is 58.1 Å². The molecule has 2 aromatic carbocycles. The molecule has 0 saturated carbocycles. The molecule has 0 fully saturated rings. The monoisotopic (exact) mass is 409 g/mol. The molecule has 1 aliphatic heterocycles. The lowest BCUT2D eigenvalue weighted by Gasteiger charge is -2.19. The molecule has 0 N–H and O–H groups in total. The summed E-state index contributed by atoms with van der Waals surface area (Å²) in [6.07, 6.45) is 7.20. The fourth-order valence-corrected chi connectivity index (χ4v) is 3.41. The maximum Gasteiger partial charge on any atom is 0.259 e. The molecular formula is C22H20BrNO2. The maximum absolute atomic E-state index is 13.1. The van der Waals surface area contributed by atoms with Gasteiger partial charge in [-0.3, -0.25) is 4.79 Å². The van der Waals surface area contributed by atoms with Gasteiger partial charge in [0, 0.05) is 27.7 Å². The van der Waals surface area contributed by atoms with Crippen molar-refractivity contribution in [2.24, 2.45) is 5.92 Å². The van der Waals surface area contributed by atoms with Crippen molar-refractivity contribution in [2.75, 3.05) is 18.1 Å². The van der Waals surface area contributed by atoms with Crippen LogP contribution in [0.1, 0.15) is 25.0 Å². The highest BCUT2D eigenvalue weighted by molar-refractivity contribution is 9.10. The van der Waals surface area contributed by atoms with Crippen molar-refractivity contribution in [3.8, 4) is 18.1 Å². The van der Waals surface area contributed by atoms with E-state index < -0.39 is 0 Å². The van der Waals surface area contributed by atoms with Gasteiger partial charge in [0.15, 0.2) is 0 Å². The lowest BCUT2D eigenvalue weighted by atomic mass is 10.0. The van der Waals surface area contributed by atoms with E-state index in [9.17, 15) is 4.79 Å². The fourth-order valence-electron chi connectivity index (χ4n) is 3.03. The number of anilines is 1. The number of nitrogens with zero attached hydrogens (tertiary/aromatic N) is 1. The van der Waals surface area contributed by atoms with Gasteiger partial charge in [-0.25, -0.2) is 0 Å².